The predicted molar refractivity (Wildman–Crippen MR) is 131 cm³/mol. The highest BCUT2D eigenvalue weighted by molar-refractivity contribution is 5.85. The van der Waals surface area contributed by atoms with E-state index in [4.69, 9.17) is 0 Å². The number of halogens is 1. The molecule has 0 unspecified atom stereocenters. The molecule has 1 amide bonds. The Morgan fingerprint density at radius 3 is 2.48 bits per heavy atom. The molecule has 4 nitrogen and oxygen atoms in total. The van der Waals surface area contributed by atoms with Gasteiger partial charge in [-0.3, -0.25) is 9.69 Å². The summed E-state index contributed by atoms with van der Waals surface area (Å²) in [5.41, 5.74) is 3.54. The Labute approximate surface area is 197 Å². The van der Waals surface area contributed by atoms with Crippen LogP contribution >= 0.6 is 0 Å². The lowest BCUT2D eigenvalue weighted by atomic mass is 9.75. The van der Waals surface area contributed by atoms with Gasteiger partial charge in [0.05, 0.1) is 5.41 Å². The summed E-state index contributed by atoms with van der Waals surface area (Å²) >= 11 is 0. The van der Waals surface area contributed by atoms with Crippen LogP contribution in [0.4, 0.5) is 10.1 Å². The monoisotopic (exact) mass is 449 g/mol. The first-order valence-electron chi connectivity index (χ1n) is 12.6. The minimum atomic E-state index is -0.240. The van der Waals surface area contributed by atoms with E-state index in [2.05, 4.69) is 34.1 Å². The maximum absolute atomic E-state index is 13.6. The molecule has 5 rings (SSSR count). The molecule has 0 radical (unpaired) electrons. The molecule has 0 aliphatic carbocycles. The van der Waals surface area contributed by atoms with Crippen molar-refractivity contribution in [2.75, 3.05) is 38.1 Å². The third kappa shape index (κ3) is 4.65. The number of hydrogen-bond donors (Lipinski definition) is 0. The molecule has 3 aliphatic rings. The van der Waals surface area contributed by atoms with E-state index in [1.165, 1.54) is 36.6 Å². The zero-order valence-corrected chi connectivity index (χ0v) is 19.8. The number of piperidine rings is 2. The third-order valence-electron chi connectivity index (χ3n) is 8.20. The fraction of sp³-hybridized carbons (Fsp3) is 0.536. The van der Waals surface area contributed by atoms with Crippen molar-refractivity contribution in [3.05, 3.63) is 65.5 Å². The van der Waals surface area contributed by atoms with Crippen LogP contribution in [0.2, 0.25) is 0 Å². The number of para-hydroxylation sites is 1. The molecule has 176 valence electrons. The minimum Gasteiger partial charge on any atom is -0.371 e. The van der Waals surface area contributed by atoms with Gasteiger partial charge in [-0.1, -0.05) is 30.3 Å². The number of nitrogens with zero attached hydrogens (tertiary/aromatic N) is 3. The molecule has 0 bridgehead atoms. The number of anilines is 1. The highest BCUT2D eigenvalue weighted by Crippen LogP contribution is 2.45. The van der Waals surface area contributed by atoms with E-state index in [1.807, 2.05) is 18.0 Å². The quantitative estimate of drug-likeness (QED) is 0.652. The van der Waals surface area contributed by atoms with Crippen LogP contribution in [0.5, 0.6) is 0 Å². The number of benzene rings is 2. The molecule has 1 atom stereocenters. The summed E-state index contributed by atoms with van der Waals surface area (Å²) < 4.78 is 13.6. The lowest BCUT2D eigenvalue weighted by Crippen LogP contribution is -2.44. The summed E-state index contributed by atoms with van der Waals surface area (Å²) in [6.45, 7) is 5.20. The lowest BCUT2D eigenvalue weighted by Gasteiger charge is -2.38. The molecule has 2 aromatic rings. The Balaban J connectivity index is 1.22. The van der Waals surface area contributed by atoms with Crippen molar-refractivity contribution in [1.82, 2.24) is 9.80 Å². The number of rotatable bonds is 5. The van der Waals surface area contributed by atoms with Crippen LogP contribution < -0.4 is 4.90 Å². The number of carbonyl (C=O) groups is 1. The van der Waals surface area contributed by atoms with Gasteiger partial charge in [0, 0.05) is 38.4 Å². The standard InChI is InChI=1S/C28H36FN3O/c1-30-25(19-22-8-7-10-24(29)18-22)20-28(27(30)33)12-16-31(17-13-28)21-23-9-3-4-11-26(23)32-14-5-2-6-15-32/h3-4,7-11,18,25H,2,5-6,12-17,19-21H2,1H3/t25-/m0/s1. The molecular formula is C28H36FN3O. The van der Waals surface area contributed by atoms with Crippen LogP contribution in [0.1, 0.15) is 49.7 Å². The summed E-state index contributed by atoms with van der Waals surface area (Å²) in [7, 11) is 1.93. The average Bonchev–Trinajstić information content (AvgIpc) is 3.06. The SMILES string of the molecule is CN1C(=O)C2(CCN(Cc3ccccc3N3CCCCC3)CC2)C[C@@H]1Cc1cccc(F)c1. The van der Waals surface area contributed by atoms with Crippen molar-refractivity contribution in [3.63, 3.8) is 0 Å². The van der Waals surface area contributed by atoms with E-state index in [9.17, 15) is 9.18 Å². The Kier molecular flexibility index (Phi) is 6.42. The molecule has 0 aromatic heterocycles. The first kappa shape index (κ1) is 22.4. The molecular weight excluding hydrogens is 413 g/mol. The minimum absolute atomic E-state index is 0.158. The number of likely N-dealkylation sites (N-methyl/N-ethyl adjacent to an activating group) is 1. The van der Waals surface area contributed by atoms with Gasteiger partial charge in [0.2, 0.25) is 5.91 Å². The molecule has 3 fully saturated rings. The zero-order valence-electron chi connectivity index (χ0n) is 19.8. The van der Waals surface area contributed by atoms with E-state index in [-0.39, 0.29) is 23.2 Å². The molecule has 1 spiro atoms. The van der Waals surface area contributed by atoms with E-state index < -0.39 is 0 Å². The first-order chi connectivity index (χ1) is 16.0. The molecule has 33 heavy (non-hydrogen) atoms. The normalized spacial score (nSPS) is 23.5. The largest absolute Gasteiger partial charge is 0.371 e. The predicted octanol–water partition coefficient (Wildman–Crippen LogP) is 4.87. The van der Waals surface area contributed by atoms with Gasteiger partial charge < -0.3 is 9.80 Å². The molecule has 0 N–H and O–H groups in total. The van der Waals surface area contributed by atoms with E-state index in [1.54, 1.807) is 12.1 Å². The molecule has 2 aromatic carbocycles. The van der Waals surface area contributed by atoms with Gasteiger partial charge in [-0.15, -0.1) is 0 Å². The summed E-state index contributed by atoms with van der Waals surface area (Å²) in [6, 6.07) is 15.8. The van der Waals surface area contributed by atoms with Gasteiger partial charge in [0.15, 0.2) is 0 Å². The fourth-order valence-corrected chi connectivity index (χ4v) is 6.25. The van der Waals surface area contributed by atoms with E-state index in [0.29, 0.717) is 0 Å². The van der Waals surface area contributed by atoms with Crippen molar-refractivity contribution in [1.29, 1.82) is 0 Å². The number of hydrogen-bond acceptors (Lipinski definition) is 3. The third-order valence-corrected chi connectivity index (χ3v) is 8.20. The van der Waals surface area contributed by atoms with Crippen LogP contribution in [-0.2, 0) is 17.8 Å². The van der Waals surface area contributed by atoms with Gasteiger partial charge in [0.1, 0.15) is 5.82 Å². The van der Waals surface area contributed by atoms with Crippen molar-refractivity contribution in [2.24, 2.45) is 5.41 Å². The van der Waals surface area contributed by atoms with Crippen LogP contribution in [-0.4, -0.2) is 55.0 Å². The fourth-order valence-electron chi connectivity index (χ4n) is 6.25. The molecule has 0 saturated carbocycles. The first-order valence-corrected chi connectivity index (χ1v) is 12.6. The number of likely N-dealkylation sites (tertiary alicyclic amines) is 2. The lowest BCUT2D eigenvalue weighted by molar-refractivity contribution is -0.137. The summed E-state index contributed by atoms with van der Waals surface area (Å²) in [5.74, 6) is 0.0876. The summed E-state index contributed by atoms with van der Waals surface area (Å²) in [6.07, 6.45) is 7.37. The second-order valence-corrected chi connectivity index (χ2v) is 10.3. The Bertz CT molecular complexity index is 979. The maximum atomic E-state index is 13.6. The second-order valence-electron chi connectivity index (χ2n) is 10.3. The smallest absolute Gasteiger partial charge is 0.228 e. The van der Waals surface area contributed by atoms with Crippen molar-refractivity contribution in [3.8, 4) is 0 Å². The van der Waals surface area contributed by atoms with Crippen molar-refractivity contribution < 1.29 is 9.18 Å². The molecule has 5 heteroatoms. The van der Waals surface area contributed by atoms with Gasteiger partial charge in [0.25, 0.3) is 0 Å². The van der Waals surface area contributed by atoms with E-state index in [0.717, 1.165) is 64.0 Å². The topological polar surface area (TPSA) is 26.8 Å². The van der Waals surface area contributed by atoms with Crippen LogP contribution in [0.15, 0.2) is 48.5 Å². The Hall–Kier alpha value is -2.40. The second kappa shape index (κ2) is 9.46. The van der Waals surface area contributed by atoms with E-state index >= 15 is 0 Å². The van der Waals surface area contributed by atoms with Gasteiger partial charge in [-0.05, 0) is 87.4 Å². The van der Waals surface area contributed by atoms with Crippen molar-refractivity contribution in [2.45, 2.75) is 57.5 Å². The van der Waals surface area contributed by atoms with Crippen molar-refractivity contribution >= 4 is 11.6 Å². The zero-order chi connectivity index (χ0) is 22.8. The Morgan fingerprint density at radius 1 is 0.970 bits per heavy atom. The van der Waals surface area contributed by atoms with Crippen LogP contribution in [0, 0.1) is 11.2 Å². The summed E-state index contributed by atoms with van der Waals surface area (Å²) in [4.78, 5) is 20.3. The van der Waals surface area contributed by atoms with Gasteiger partial charge >= 0.3 is 0 Å². The summed E-state index contributed by atoms with van der Waals surface area (Å²) in [5, 5.41) is 0. The van der Waals surface area contributed by atoms with Gasteiger partial charge in [-0.25, -0.2) is 4.39 Å². The molecule has 3 heterocycles. The Morgan fingerprint density at radius 2 is 1.73 bits per heavy atom. The van der Waals surface area contributed by atoms with Crippen LogP contribution in [0.25, 0.3) is 0 Å². The average molecular weight is 450 g/mol. The number of carbonyl (C=O) groups excluding carboxylic acids is 1. The molecule has 3 saturated heterocycles. The maximum Gasteiger partial charge on any atom is 0.228 e. The molecule has 3 aliphatic heterocycles. The number of amides is 1. The highest BCUT2D eigenvalue weighted by Gasteiger charge is 2.51. The van der Waals surface area contributed by atoms with Crippen LogP contribution in [0.3, 0.4) is 0 Å². The highest BCUT2D eigenvalue weighted by atomic mass is 19.1. The van der Waals surface area contributed by atoms with Gasteiger partial charge in [-0.2, -0.15) is 0 Å².